The molecule has 2 aliphatic rings. The molecule has 1 aliphatic heterocycles. The van der Waals surface area contributed by atoms with Gasteiger partial charge in [0.15, 0.2) is 0 Å². The molecule has 0 atom stereocenters. The lowest BCUT2D eigenvalue weighted by Gasteiger charge is -2.46. The Bertz CT molecular complexity index is 491. The minimum atomic E-state index is -0.675. The fraction of sp³-hybridized carbons (Fsp3) is 0.500. The van der Waals surface area contributed by atoms with Crippen molar-refractivity contribution in [1.82, 2.24) is 4.90 Å². The number of hydrogen-bond acceptors (Lipinski definition) is 4. The molecule has 3 rings (SSSR count). The summed E-state index contributed by atoms with van der Waals surface area (Å²) >= 11 is 0. The summed E-state index contributed by atoms with van der Waals surface area (Å²) in [5.74, 6) is 0.166. The van der Waals surface area contributed by atoms with Crippen LogP contribution in [-0.4, -0.2) is 34.6 Å². The van der Waals surface area contributed by atoms with Crippen LogP contribution < -0.4 is 5.63 Å². The predicted octanol–water partition coefficient (Wildman–Crippen LogP) is 0.237. The first-order chi connectivity index (χ1) is 8.08. The summed E-state index contributed by atoms with van der Waals surface area (Å²) in [6.45, 7) is 0.769. The van der Waals surface area contributed by atoms with Crippen LogP contribution in [0.2, 0.25) is 0 Å². The summed E-state index contributed by atoms with van der Waals surface area (Å²) in [5, 5.41) is 10.1. The number of carbonyl (C=O) groups is 1. The molecule has 0 bridgehead atoms. The van der Waals surface area contributed by atoms with Crippen LogP contribution in [0.15, 0.2) is 27.6 Å². The predicted molar refractivity (Wildman–Crippen MR) is 58.6 cm³/mol. The molecule has 5 heteroatoms. The molecule has 1 aromatic heterocycles. The van der Waals surface area contributed by atoms with Gasteiger partial charge < -0.3 is 14.4 Å². The highest BCUT2D eigenvalue weighted by molar-refractivity contribution is 5.94. The van der Waals surface area contributed by atoms with Crippen LogP contribution in [0.25, 0.3) is 0 Å². The molecule has 1 amide bonds. The smallest absolute Gasteiger partial charge is 0.335 e. The number of amides is 1. The van der Waals surface area contributed by atoms with E-state index < -0.39 is 11.2 Å². The van der Waals surface area contributed by atoms with Crippen molar-refractivity contribution in [3.05, 3.63) is 34.4 Å². The minimum absolute atomic E-state index is 0.195. The average molecular weight is 235 g/mol. The van der Waals surface area contributed by atoms with Gasteiger partial charge in [-0.05, 0) is 24.8 Å². The van der Waals surface area contributed by atoms with Crippen LogP contribution in [-0.2, 0) is 0 Å². The highest BCUT2D eigenvalue weighted by Gasteiger charge is 2.53. The van der Waals surface area contributed by atoms with E-state index >= 15 is 0 Å². The Balaban J connectivity index is 1.68. The first-order valence-electron chi connectivity index (χ1n) is 5.69. The molecule has 0 unspecified atom stereocenters. The van der Waals surface area contributed by atoms with E-state index in [2.05, 4.69) is 4.42 Å². The fourth-order valence-electron chi connectivity index (χ4n) is 2.30. The number of hydrogen-bond donors (Lipinski definition) is 1. The van der Waals surface area contributed by atoms with Gasteiger partial charge in [0.05, 0.1) is 18.7 Å². The largest absolute Gasteiger partial charge is 0.430 e. The second-order valence-corrected chi connectivity index (χ2v) is 4.88. The van der Waals surface area contributed by atoms with Gasteiger partial charge in [-0.1, -0.05) is 0 Å². The van der Waals surface area contributed by atoms with E-state index in [1.165, 1.54) is 18.4 Å². The van der Waals surface area contributed by atoms with Gasteiger partial charge in [0.25, 0.3) is 5.91 Å². The minimum Gasteiger partial charge on any atom is -0.430 e. The van der Waals surface area contributed by atoms with Crippen molar-refractivity contribution in [3.8, 4) is 0 Å². The van der Waals surface area contributed by atoms with Crippen molar-refractivity contribution in [2.24, 2.45) is 5.92 Å². The van der Waals surface area contributed by atoms with E-state index in [4.69, 9.17) is 0 Å². The number of aliphatic hydroxyl groups is 1. The van der Waals surface area contributed by atoms with Crippen molar-refractivity contribution in [3.63, 3.8) is 0 Å². The lowest BCUT2D eigenvalue weighted by molar-refractivity contribution is -0.0958. The SMILES string of the molecule is O=C(c1ccc(=O)oc1)N1CC(O)(C2CC2)C1. The second-order valence-electron chi connectivity index (χ2n) is 4.88. The average Bonchev–Trinajstić information content (AvgIpc) is 3.09. The molecule has 90 valence electrons. The van der Waals surface area contributed by atoms with Crippen molar-refractivity contribution >= 4 is 5.91 Å². The third-order valence-electron chi connectivity index (χ3n) is 3.50. The maximum atomic E-state index is 11.9. The Kier molecular flexibility index (Phi) is 2.13. The zero-order chi connectivity index (χ0) is 12.0. The topological polar surface area (TPSA) is 70.8 Å². The standard InChI is InChI=1S/C12H13NO4/c14-10-4-1-8(5-17-10)11(15)13-6-12(16,7-13)9-2-3-9/h1,4-5,9,16H,2-3,6-7H2. The molecule has 5 nitrogen and oxygen atoms in total. The van der Waals surface area contributed by atoms with E-state index in [9.17, 15) is 14.7 Å². The van der Waals surface area contributed by atoms with Gasteiger partial charge in [-0.25, -0.2) is 4.79 Å². The van der Waals surface area contributed by atoms with E-state index in [1.807, 2.05) is 0 Å². The van der Waals surface area contributed by atoms with Crippen LogP contribution in [0.3, 0.4) is 0 Å². The van der Waals surface area contributed by atoms with Gasteiger partial charge in [0.2, 0.25) is 0 Å². The lowest BCUT2D eigenvalue weighted by atomic mass is 9.88. The number of nitrogens with zero attached hydrogens (tertiary/aromatic N) is 1. The lowest BCUT2D eigenvalue weighted by Crippen LogP contribution is -2.64. The number of likely N-dealkylation sites (tertiary alicyclic amines) is 1. The Labute approximate surface area is 97.7 Å². The van der Waals surface area contributed by atoms with Crippen LogP contribution in [0, 0.1) is 5.92 Å². The molecule has 2 heterocycles. The normalized spacial score (nSPS) is 22.1. The van der Waals surface area contributed by atoms with Crippen molar-refractivity contribution in [2.75, 3.05) is 13.1 Å². The summed E-state index contributed by atoms with van der Waals surface area (Å²) in [5.41, 5.74) is -0.798. The van der Waals surface area contributed by atoms with Crippen LogP contribution in [0.5, 0.6) is 0 Å². The van der Waals surface area contributed by atoms with Crippen LogP contribution in [0.1, 0.15) is 23.2 Å². The zero-order valence-electron chi connectivity index (χ0n) is 9.26. The quantitative estimate of drug-likeness (QED) is 0.797. The summed E-state index contributed by atoms with van der Waals surface area (Å²) in [6, 6.07) is 2.67. The molecule has 1 saturated heterocycles. The van der Waals surface area contributed by atoms with E-state index in [-0.39, 0.29) is 5.91 Å². The molecule has 1 aromatic rings. The maximum absolute atomic E-state index is 11.9. The van der Waals surface area contributed by atoms with E-state index in [1.54, 1.807) is 4.90 Å². The van der Waals surface area contributed by atoms with Crippen molar-refractivity contribution in [1.29, 1.82) is 0 Å². The fourth-order valence-corrected chi connectivity index (χ4v) is 2.30. The summed E-state index contributed by atoms with van der Waals surface area (Å²) in [4.78, 5) is 24.3. The molecule has 1 saturated carbocycles. The summed E-state index contributed by atoms with van der Waals surface area (Å²) in [7, 11) is 0. The van der Waals surface area contributed by atoms with Crippen LogP contribution >= 0.6 is 0 Å². The number of rotatable bonds is 2. The molecule has 0 aromatic carbocycles. The Hall–Kier alpha value is -1.62. The monoisotopic (exact) mass is 235 g/mol. The van der Waals surface area contributed by atoms with Gasteiger partial charge in [0.1, 0.15) is 11.9 Å². The zero-order valence-corrected chi connectivity index (χ0v) is 9.26. The third kappa shape index (κ3) is 1.76. The van der Waals surface area contributed by atoms with Crippen molar-refractivity contribution in [2.45, 2.75) is 18.4 Å². The Morgan fingerprint density at radius 2 is 2.12 bits per heavy atom. The van der Waals surface area contributed by atoms with Gasteiger partial charge >= 0.3 is 5.63 Å². The molecular weight excluding hydrogens is 222 g/mol. The van der Waals surface area contributed by atoms with Gasteiger partial charge in [-0.3, -0.25) is 4.79 Å². The Morgan fingerprint density at radius 3 is 2.65 bits per heavy atom. The number of carbonyl (C=O) groups excluding carboxylic acids is 1. The van der Waals surface area contributed by atoms with E-state index in [0.29, 0.717) is 24.6 Å². The van der Waals surface area contributed by atoms with Gasteiger partial charge in [-0.2, -0.15) is 0 Å². The molecule has 17 heavy (non-hydrogen) atoms. The maximum Gasteiger partial charge on any atom is 0.335 e. The second kappa shape index (κ2) is 3.43. The molecule has 0 radical (unpaired) electrons. The Morgan fingerprint density at radius 1 is 1.41 bits per heavy atom. The first kappa shape index (κ1) is 10.5. The first-order valence-corrected chi connectivity index (χ1v) is 5.69. The van der Waals surface area contributed by atoms with Crippen LogP contribution in [0.4, 0.5) is 0 Å². The molecule has 2 fully saturated rings. The molecular formula is C12H13NO4. The third-order valence-corrected chi connectivity index (χ3v) is 3.50. The van der Waals surface area contributed by atoms with E-state index in [0.717, 1.165) is 12.8 Å². The summed E-state index contributed by atoms with van der Waals surface area (Å²) < 4.78 is 4.64. The molecule has 1 aliphatic carbocycles. The van der Waals surface area contributed by atoms with Gasteiger partial charge in [-0.15, -0.1) is 0 Å². The van der Waals surface area contributed by atoms with Crippen molar-refractivity contribution < 1.29 is 14.3 Å². The van der Waals surface area contributed by atoms with Gasteiger partial charge in [0, 0.05) is 6.07 Å². The summed E-state index contributed by atoms with van der Waals surface area (Å²) in [6.07, 6.45) is 3.27. The highest BCUT2D eigenvalue weighted by Crippen LogP contribution is 2.44. The molecule has 1 N–H and O–H groups in total. The molecule has 0 spiro atoms. The number of β-amino-alcohol motifs (C(OH)–C–C–N with tert-alkyl or cyclic N) is 1. The highest BCUT2D eigenvalue weighted by atomic mass is 16.4.